The maximum absolute atomic E-state index is 10.9. The van der Waals surface area contributed by atoms with Crippen LogP contribution in [0.4, 0.5) is 0 Å². The molecule has 0 unspecified atom stereocenters. The highest BCUT2D eigenvalue weighted by Crippen LogP contribution is 2.26. The monoisotopic (exact) mass is 202 g/mol. The summed E-state index contributed by atoms with van der Waals surface area (Å²) in [5.74, 6) is 0.671. The number of benzene rings is 1. The summed E-state index contributed by atoms with van der Waals surface area (Å²) in [4.78, 5) is 10.9. The van der Waals surface area contributed by atoms with Crippen LogP contribution in [0.3, 0.4) is 0 Å². The lowest BCUT2D eigenvalue weighted by Crippen LogP contribution is -1.89. The van der Waals surface area contributed by atoms with Gasteiger partial charge in [-0.1, -0.05) is 0 Å². The van der Waals surface area contributed by atoms with Gasteiger partial charge in [0.15, 0.2) is 6.29 Å². The Morgan fingerprint density at radius 1 is 1.33 bits per heavy atom. The molecule has 0 aliphatic heterocycles. The second kappa shape index (κ2) is 4.00. The molecule has 3 heteroatoms. The SMILES string of the molecule is COc1ccc(-c2ccoc2)c(C=O)c1. The lowest BCUT2D eigenvalue weighted by atomic mass is 10.0. The Balaban J connectivity index is 2.52. The quantitative estimate of drug-likeness (QED) is 0.718. The van der Waals surface area contributed by atoms with Crippen LogP contribution in [0.1, 0.15) is 10.4 Å². The van der Waals surface area contributed by atoms with E-state index in [4.69, 9.17) is 9.15 Å². The zero-order chi connectivity index (χ0) is 10.7. The van der Waals surface area contributed by atoms with Crippen LogP contribution in [0.15, 0.2) is 41.2 Å². The Morgan fingerprint density at radius 3 is 2.80 bits per heavy atom. The molecule has 0 spiro atoms. The van der Waals surface area contributed by atoms with Gasteiger partial charge in [-0.3, -0.25) is 4.79 Å². The molecule has 0 saturated carbocycles. The van der Waals surface area contributed by atoms with Crippen molar-refractivity contribution in [2.45, 2.75) is 0 Å². The van der Waals surface area contributed by atoms with Gasteiger partial charge in [-0.2, -0.15) is 0 Å². The summed E-state index contributed by atoms with van der Waals surface area (Å²) in [5.41, 5.74) is 2.33. The topological polar surface area (TPSA) is 39.4 Å². The first-order chi connectivity index (χ1) is 7.35. The van der Waals surface area contributed by atoms with Gasteiger partial charge in [0, 0.05) is 11.1 Å². The van der Waals surface area contributed by atoms with E-state index >= 15 is 0 Å². The Bertz CT molecular complexity index is 458. The molecule has 0 aliphatic carbocycles. The second-order valence-corrected chi connectivity index (χ2v) is 3.08. The van der Waals surface area contributed by atoms with Crippen molar-refractivity contribution in [1.82, 2.24) is 0 Å². The molecule has 1 aromatic carbocycles. The number of ether oxygens (including phenoxy) is 1. The molecule has 3 nitrogen and oxygen atoms in total. The molecule has 1 aromatic heterocycles. The third-order valence-electron chi connectivity index (χ3n) is 2.22. The summed E-state index contributed by atoms with van der Waals surface area (Å²) < 4.78 is 10.0. The molecule has 0 amide bonds. The zero-order valence-corrected chi connectivity index (χ0v) is 8.27. The number of aldehydes is 1. The summed E-state index contributed by atoms with van der Waals surface area (Å²) in [5, 5.41) is 0. The number of rotatable bonds is 3. The average Bonchev–Trinajstić information content (AvgIpc) is 2.81. The normalized spacial score (nSPS) is 9.93. The largest absolute Gasteiger partial charge is 0.497 e. The van der Waals surface area contributed by atoms with Crippen LogP contribution in [0.2, 0.25) is 0 Å². The molecule has 0 atom stereocenters. The number of carbonyl (C=O) groups is 1. The summed E-state index contributed by atoms with van der Waals surface area (Å²) in [6.45, 7) is 0. The van der Waals surface area contributed by atoms with E-state index in [1.54, 1.807) is 25.7 Å². The summed E-state index contributed by atoms with van der Waals surface area (Å²) in [6, 6.07) is 7.17. The van der Waals surface area contributed by atoms with Gasteiger partial charge in [0.2, 0.25) is 0 Å². The molecule has 0 saturated heterocycles. The first-order valence-electron chi connectivity index (χ1n) is 4.51. The van der Waals surface area contributed by atoms with E-state index in [0.29, 0.717) is 11.3 Å². The van der Waals surface area contributed by atoms with Crippen molar-refractivity contribution in [2.75, 3.05) is 7.11 Å². The van der Waals surface area contributed by atoms with Gasteiger partial charge in [-0.05, 0) is 29.8 Å². The van der Waals surface area contributed by atoms with Crippen molar-refractivity contribution in [3.05, 3.63) is 42.4 Å². The van der Waals surface area contributed by atoms with Crippen LogP contribution >= 0.6 is 0 Å². The number of furan rings is 1. The van der Waals surface area contributed by atoms with E-state index in [2.05, 4.69) is 0 Å². The minimum Gasteiger partial charge on any atom is -0.497 e. The van der Waals surface area contributed by atoms with Gasteiger partial charge in [0.25, 0.3) is 0 Å². The van der Waals surface area contributed by atoms with Gasteiger partial charge < -0.3 is 9.15 Å². The van der Waals surface area contributed by atoms with Crippen molar-refractivity contribution in [3.8, 4) is 16.9 Å². The van der Waals surface area contributed by atoms with Crippen LogP contribution in [-0.2, 0) is 0 Å². The minimum absolute atomic E-state index is 0.593. The number of carbonyl (C=O) groups excluding carboxylic acids is 1. The maximum atomic E-state index is 10.9. The Hall–Kier alpha value is -2.03. The van der Waals surface area contributed by atoms with Gasteiger partial charge in [-0.15, -0.1) is 0 Å². The van der Waals surface area contributed by atoms with Crippen molar-refractivity contribution >= 4 is 6.29 Å². The van der Waals surface area contributed by atoms with E-state index in [1.165, 1.54) is 0 Å². The predicted octanol–water partition coefficient (Wildman–Crippen LogP) is 2.77. The Morgan fingerprint density at radius 2 is 2.20 bits per heavy atom. The molecule has 2 aromatic rings. The molecule has 0 bridgehead atoms. The molecule has 76 valence electrons. The fourth-order valence-corrected chi connectivity index (χ4v) is 1.45. The van der Waals surface area contributed by atoms with Gasteiger partial charge in [-0.25, -0.2) is 0 Å². The third kappa shape index (κ3) is 1.76. The molecule has 0 aliphatic rings. The minimum atomic E-state index is 0.593. The summed E-state index contributed by atoms with van der Waals surface area (Å²) in [7, 11) is 1.57. The van der Waals surface area contributed by atoms with Crippen LogP contribution in [0.5, 0.6) is 5.75 Å². The summed E-state index contributed by atoms with van der Waals surface area (Å²) in [6.07, 6.45) is 3.99. The zero-order valence-electron chi connectivity index (χ0n) is 8.27. The lowest BCUT2D eigenvalue weighted by Gasteiger charge is -2.04. The van der Waals surface area contributed by atoms with E-state index < -0.39 is 0 Å². The molecule has 0 radical (unpaired) electrons. The number of hydrogen-bond acceptors (Lipinski definition) is 3. The lowest BCUT2D eigenvalue weighted by molar-refractivity contribution is 0.112. The Labute approximate surface area is 87.3 Å². The molecule has 1 heterocycles. The van der Waals surface area contributed by atoms with Gasteiger partial charge >= 0.3 is 0 Å². The maximum Gasteiger partial charge on any atom is 0.150 e. The van der Waals surface area contributed by atoms with E-state index in [1.807, 2.05) is 18.2 Å². The van der Waals surface area contributed by atoms with E-state index in [0.717, 1.165) is 17.4 Å². The van der Waals surface area contributed by atoms with Gasteiger partial charge in [0.1, 0.15) is 5.75 Å². The standard InChI is InChI=1S/C12H10O3/c1-14-11-2-3-12(10(6-11)7-13)9-4-5-15-8-9/h2-8H,1H3. The molecular weight excluding hydrogens is 192 g/mol. The van der Waals surface area contributed by atoms with Gasteiger partial charge in [0.05, 0.1) is 19.6 Å². The second-order valence-electron chi connectivity index (χ2n) is 3.08. The van der Waals surface area contributed by atoms with Crippen molar-refractivity contribution < 1.29 is 13.9 Å². The smallest absolute Gasteiger partial charge is 0.150 e. The number of methoxy groups -OCH3 is 1. The highest BCUT2D eigenvalue weighted by molar-refractivity contribution is 5.88. The summed E-state index contributed by atoms with van der Waals surface area (Å²) >= 11 is 0. The fourth-order valence-electron chi connectivity index (χ4n) is 1.45. The van der Waals surface area contributed by atoms with Crippen LogP contribution in [0.25, 0.3) is 11.1 Å². The molecule has 0 fully saturated rings. The van der Waals surface area contributed by atoms with Crippen molar-refractivity contribution in [3.63, 3.8) is 0 Å². The molecular formula is C12H10O3. The number of hydrogen-bond donors (Lipinski definition) is 0. The first kappa shape index (κ1) is 9.52. The molecule has 15 heavy (non-hydrogen) atoms. The van der Waals surface area contributed by atoms with Crippen LogP contribution in [0, 0.1) is 0 Å². The van der Waals surface area contributed by atoms with Crippen molar-refractivity contribution in [2.24, 2.45) is 0 Å². The van der Waals surface area contributed by atoms with Crippen LogP contribution < -0.4 is 4.74 Å². The fraction of sp³-hybridized carbons (Fsp3) is 0.0833. The van der Waals surface area contributed by atoms with Crippen LogP contribution in [-0.4, -0.2) is 13.4 Å². The average molecular weight is 202 g/mol. The highest BCUT2D eigenvalue weighted by Gasteiger charge is 2.06. The van der Waals surface area contributed by atoms with Crippen molar-refractivity contribution in [1.29, 1.82) is 0 Å². The molecule has 0 N–H and O–H groups in total. The van der Waals surface area contributed by atoms with E-state index in [-0.39, 0.29) is 0 Å². The first-order valence-corrected chi connectivity index (χ1v) is 4.51. The third-order valence-corrected chi connectivity index (χ3v) is 2.22. The highest BCUT2D eigenvalue weighted by atomic mass is 16.5. The van der Waals surface area contributed by atoms with E-state index in [9.17, 15) is 4.79 Å². The predicted molar refractivity (Wildman–Crippen MR) is 56.1 cm³/mol. The molecule has 2 rings (SSSR count). The Kier molecular flexibility index (Phi) is 2.54.